The van der Waals surface area contributed by atoms with Gasteiger partial charge in [0.05, 0.1) is 18.5 Å². The Morgan fingerprint density at radius 3 is 2.48 bits per heavy atom. The van der Waals surface area contributed by atoms with Crippen molar-refractivity contribution in [3.8, 4) is 11.5 Å². The molecule has 1 aliphatic rings. The number of fused-ring (bicyclic) bond motifs is 3. The zero-order chi connectivity index (χ0) is 29.9. The highest BCUT2D eigenvalue weighted by Gasteiger charge is 2.35. The minimum absolute atomic E-state index is 0.0480. The van der Waals surface area contributed by atoms with Gasteiger partial charge in [0.1, 0.15) is 17.5 Å². The van der Waals surface area contributed by atoms with Crippen LogP contribution in [0.1, 0.15) is 36.2 Å². The lowest BCUT2D eigenvalue weighted by atomic mass is 9.92. The molecule has 1 aliphatic heterocycles. The summed E-state index contributed by atoms with van der Waals surface area (Å²) in [6.07, 6.45) is -0.485. The summed E-state index contributed by atoms with van der Waals surface area (Å²) < 4.78 is 37.0. The molecule has 0 spiro atoms. The summed E-state index contributed by atoms with van der Waals surface area (Å²) in [4.78, 5) is 18.7. The molecule has 1 aromatic heterocycles. The van der Waals surface area contributed by atoms with Crippen LogP contribution < -0.4 is 14.2 Å². The van der Waals surface area contributed by atoms with Crippen molar-refractivity contribution in [1.29, 1.82) is 0 Å². The molecule has 0 aliphatic carbocycles. The number of benzene rings is 3. The normalized spacial score (nSPS) is 15.8. The van der Waals surface area contributed by atoms with Gasteiger partial charge in [0.25, 0.3) is 0 Å². The van der Waals surface area contributed by atoms with E-state index >= 15 is 0 Å². The van der Waals surface area contributed by atoms with Crippen molar-refractivity contribution in [2.45, 2.75) is 31.9 Å². The van der Waals surface area contributed by atoms with E-state index in [4.69, 9.17) is 32.7 Å². The first kappa shape index (κ1) is 30.2. The van der Waals surface area contributed by atoms with E-state index in [-0.39, 0.29) is 25.3 Å². The summed E-state index contributed by atoms with van der Waals surface area (Å²) in [6, 6.07) is 19.3. The van der Waals surface area contributed by atoms with E-state index in [2.05, 4.69) is 9.71 Å². The maximum absolute atomic E-state index is 13.5. The Morgan fingerprint density at radius 2 is 1.76 bits per heavy atom. The third kappa shape index (κ3) is 7.02. The monoisotopic (exact) mass is 631 g/mol. The van der Waals surface area contributed by atoms with Crippen LogP contribution in [0.15, 0.2) is 66.7 Å². The first-order valence-corrected chi connectivity index (χ1v) is 16.0. The van der Waals surface area contributed by atoms with E-state index in [9.17, 15) is 18.3 Å². The SMILES string of the molecule is CCS(=O)(=O)NCC(O)CCOc1ccc(C2c3[nH]c4ccc(Cl)cc4c3CCN2C(=O)Oc2ccc(Cl)cc2)cc1. The summed E-state index contributed by atoms with van der Waals surface area (Å²) in [5.74, 6) is 0.925. The molecule has 0 bridgehead atoms. The Hall–Kier alpha value is -3.28. The van der Waals surface area contributed by atoms with Gasteiger partial charge in [0, 0.05) is 46.2 Å². The molecule has 1 amide bonds. The van der Waals surface area contributed by atoms with Crippen LogP contribution in [0.25, 0.3) is 10.9 Å². The number of halogens is 2. The van der Waals surface area contributed by atoms with Gasteiger partial charge in [-0.25, -0.2) is 17.9 Å². The van der Waals surface area contributed by atoms with E-state index in [0.29, 0.717) is 34.5 Å². The van der Waals surface area contributed by atoms with Crippen molar-refractivity contribution in [2.24, 2.45) is 0 Å². The van der Waals surface area contributed by atoms with Crippen LogP contribution in [0.2, 0.25) is 10.0 Å². The Bertz CT molecular complexity index is 1660. The second kappa shape index (κ2) is 12.9. The third-order valence-electron chi connectivity index (χ3n) is 7.18. The molecule has 2 heterocycles. The molecule has 0 saturated heterocycles. The zero-order valence-electron chi connectivity index (χ0n) is 22.8. The average molecular weight is 633 g/mol. The molecule has 9 nitrogen and oxygen atoms in total. The predicted molar refractivity (Wildman–Crippen MR) is 163 cm³/mol. The molecule has 2 atom stereocenters. The molecule has 0 saturated carbocycles. The van der Waals surface area contributed by atoms with Crippen molar-refractivity contribution in [3.63, 3.8) is 0 Å². The molecule has 42 heavy (non-hydrogen) atoms. The standard InChI is InChI=1S/C30H31Cl2N3O6S/c1-2-42(38,39)33-18-22(36)14-16-40-23-8-3-19(4-9-23)29-28-25(26-17-21(32)7-12-27(26)34-28)13-15-35(29)30(37)41-24-10-5-20(31)6-11-24/h3-12,17,22,29,33-34,36H,2,13-16,18H2,1H3. The number of amides is 1. The van der Waals surface area contributed by atoms with E-state index in [0.717, 1.165) is 27.7 Å². The van der Waals surface area contributed by atoms with Crippen molar-refractivity contribution in [1.82, 2.24) is 14.6 Å². The number of hydrogen-bond donors (Lipinski definition) is 3. The highest BCUT2D eigenvalue weighted by molar-refractivity contribution is 7.89. The van der Waals surface area contributed by atoms with Gasteiger partial charge in [0.15, 0.2) is 0 Å². The molecule has 5 rings (SSSR count). The second-order valence-corrected chi connectivity index (χ2v) is 13.0. The fraction of sp³-hybridized carbons (Fsp3) is 0.300. The summed E-state index contributed by atoms with van der Waals surface area (Å²) in [5.41, 5.74) is 3.77. The van der Waals surface area contributed by atoms with E-state index in [1.54, 1.807) is 41.3 Å². The smallest absolute Gasteiger partial charge is 0.416 e. The number of rotatable bonds is 10. The lowest BCUT2D eigenvalue weighted by Crippen LogP contribution is -2.42. The number of carbonyl (C=O) groups is 1. The molecule has 4 aromatic rings. The van der Waals surface area contributed by atoms with Gasteiger partial charge < -0.3 is 19.6 Å². The van der Waals surface area contributed by atoms with Crippen molar-refractivity contribution >= 4 is 50.2 Å². The molecule has 12 heteroatoms. The molecule has 222 valence electrons. The summed E-state index contributed by atoms with van der Waals surface area (Å²) in [7, 11) is -3.37. The number of nitrogens with one attached hydrogen (secondary N) is 2. The van der Waals surface area contributed by atoms with E-state index in [1.807, 2.05) is 30.3 Å². The predicted octanol–water partition coefficient (Wildman–Crippen LogP) is 5.69. The lowest BCUT2D eigenvalue weighted by molar-refractivity contribution is 0.135. The highest BCUT2D eigenvalue weighted by atomic mass is 35.5. The van der Waals surface area contributed by atoms with Gasteiger partial charge in [-0.3, -0.25) is 4.90 Å². The molecule has 0 fully saturated rings. The number of carbonyl (C=O) groups excluding carboxylic acids is 1. The molecule has 3 N–H and O–H groups in total. The second-order valence-electron chi connectivity index (χ2n) is 9.99. The fourth-order valence-electron chi connectivity index (χ4n) is 4.95. The quantitative estimate of drug-likeness (QED) is 0.207. The summed E-state index contributed by atoms with van der Waals surface area (Å²) in [6.45, 7) is 2.09. The number of aliphatic hydroxyl groups excluding tert-OH is 1. The van der Waals surface area contributed by atoms with Crippen LogP contribution in [0.5, 0.6) is 11.5 Å². The Balaban J connectivity index is 1.35. The lowest BCUT2D eigenvalue weighted by Gasteiger charge is -2.35. The van der Waals surface area contributed by atoms with Gasteiger partial charge in [-0.15, -0.1) is 0 Å². The van der Waals surface area contributed by atoms with Crippen LogP contribution in [-0.4, -0.2) is 61.1 Å². The number of sulfonamides is 1. The fourth-order valence-corrected chi connectivity index (χ4v) is 5.90. The Kier molecular flexibility index (Phi) is 9.29. The number of aromatic amines is 1. The third-order valence-corrected chi connectivity index (χ3v) is 9.03. The van der Waals surface area contributed by atoms with Crippen molar-refractivity contribution < 1.29 is 27.8 Å². The van der Waals surface area contributed by atoms with Crippen molar-refractivity contribution in [2.75, 3.05) is 25.4 Å². The molecule has 0 radical (unpaired) electrons. The first-order valence-electron chi connectivity index (χ1n) is 13.6. The van der Waals surface area contributed by atoms with Crippen LogP contribution in [0.4, 0.5) is 4.79 Å². The zero-order valence-corrected chi connectivity index (χ0v) is 25.2. The van der Waals surface area contributed by atoms with Crippen LogP contribution in [0.3, 0.4) is 0 Å². The number of ether oxygens (including phenoxy) is 2. The maximum atomic E-state index is 13.5. The molecular weight excluding hydrogens is 601 g/mol. The van der Waals surface area contributed by atoms with Gasteiger partial charge in [-0.1, -0.05) is 35.3 Å². The molecule has 2 unspecified atom stereocenters. The average Bonchev–Trinajstić information content (AvgIpc) is 3.35. The van der Waals surface area contributed by atoms with Gasteiger partial charge >= 0.3 is 6.09 Å². The molecular formula is C30H31Cl2N3O6S. The number of hydrogen-bond acceptors (Lipinski definition) is 6. The van der Waals surface area contributed by atoms with Gasteiger partial charge in [-0.05, 0) is 79.1 Å². The van der Waals surface area contributed by atoms with Crippen LogP contribution in [-0.2, 0) is 16.4 Å². The van der Waals surface area contributed by atoms with Crippen LogP contribution in [0, 0.1) is 0 Å². The van der Waals surface area contributed by atoms with Gasteiger partial charge in [-0.2, -0.15) is 0 Å². The Labute approximate surface area is 254 Å². The van der Waals surface area contributed by atoms with Crippen LogP contribution >= 0.6 is 23.2 Å². The van der Waals surface area contributed by atoms with E-state index in [1.165, 1.54) is 6.92 Å². The maximum Gasteiger partial charge on any atom is 0.416 e. The topological polar surface area (TPSA) is 121 Å². The van der Waals surface area contributed by atoms with Gasteiger partial charge in [0.2, 0.25) is 10.0 Å². The van der Waals surface area contributed by atoms with E-state index < -0.39 is 28.3 Å². The summed E-state index contributed by atoms with van der Waals surface area (Å²) >= 11 is 12.3. The Morgan fingerprint density at radius 1 is 1.07 bits per heavy atom. The number of H-pyrrole nitrogens is 1. The number of aromatic nitrogens is 1. The minimum atomic E-state index is -3.37. The number of nitrogens with zero attached hydrogens (tertiary/aromatic N) is 1. The summed E-state index contributed by atoms with van der Waals surface area (Å²) in [5, 5.41) is 12.3. The first-order chi connectivity index (χ1) is 20.1. The molecule has 3 aromatic carbocycles. The van der Waals surface area contributed by atoms with Crippen molar-refractivity contribution in [3.05, 3.63) is 93.6 Å². The highest BCUT2D eigenvalue weighted by Crippen LogP contribution is 2.40. The number of aliphatic hydroxyl groups is 1. The largest absolute Gasteiger partial charge is 0.493 e. The minimum Gasteiger partial charge on any atom is -0.493 e.